The van der Waals surface area contributed by atoms with Crippen molar-refractivity contribution < 1.29 is 0 Å². The van der Waals surface area contributed by atoms with Crippen LogP contribution in [-0.4, -0.2) is 36.6 Å². The van der Waals surface area contributed by atoms with Crippen LogP contribution >= 0.6 is 0 Å². The summed E-state index contributed by atoms with van der Waals surface area (Å²) in [6.07, 6.45) is 2.75. The number of likely N-dealkylation sites (N-methyl/N-ethyl adjacent to an activating group) is 1. The van der Waals surface area contributed by atoms with Crippen LogP contribution in [0.25, 0.3) is 0 Å². The van der Waals surface area contributed by atoms with E-state index in [1.165, 1.54) is 18.4 Å². The molecule has 1 fully saturated rings. The Morgan fingerprint density at radius 1 is 1.57 bits per heavy atom. The van der Waals surface area contributed by atoms with Crippen LogP contribution in [0, 0.1) is 0 Å². The van der Waals surface area contributed by atoms with Gasteiger partial charge in [0, 0.05) is 25.2 Å². The first kappa shape index (κ1) is 11.7. The molecule has 1 rings (SSSR count). The molecular weight excluding hydrogens is 172 g/mol. The predicted molar refractivity (Wildman–Crippen MR) is 62.5 cm³/mol. The van der Waals surface area contributed by atoms with E-state index in [-0.39, 0.29) is 0 Å². The highest BCUT2D eigenvalue weighted by atomic mass is 15.2. The second-order valence-corrected chi connectivity index (χ2v) is 4.55. The molecule has 1 aliphatic rings. The molecule has 82 valence electrons. The van der Waals surface area contributed by atoms with Gasteiger partial charge in [0.25, 0.3) is 0 Å². The summed E-state index contributed by atoms with van der Waals surface area (Å²) in [6.45, 7) is 13.8. The summed E-state index contributed by atoms with van der Waals surface area (Å²) in [5.74, 6) is 0. The Bertz CT molecular complexity index is 185. The third kappa shape index (κ3) is 4.25. The Morgan fingerprint density at radius 3 is 2.64 bits per heavy atom. The van der Waals surface area contributed by atoms with Gasteiger partial charge >= 0.3 is 0 Å². The van der Waals surface area contributed by atoms with Crippen LogP contribution in [0.2, 0.25) is 0 Å². The first-order valence-electron chi connectivity index (χ1n) is 5.75. The smallest absolute Gasteiger partial charge is 0.0195 e. The molecule has 2 nitrogen and oxygen atoms in total. The quantitative estimate of drug-likeness (QED) is 0.627. The van der Waals surface area contributed by atoms with E-state index in [2.05, 4.69) is 37.6 Å². The van der Waals surface area contributed by atoms with Gasteiger partial charge in [0.2, 0.25) is 0 Å². The van der Waals surface area contributed by atoms with Gasteiger partial charge in [-0.2, -0.15) is 0 Å². The van der Waals surface area contributed by atoms with Gasteiger partial charge in [-0.3, -0.25) is 4.90 Å². The van der Waals surface area contributed by atoms with Gasteiger partial charge in [0.15, 0.2) is 0 Å². The average Bonchev–Trinajstić information content (AvgIpc) is 2.93. The molecule has 0 aromatic carbocycles. The summed E-state index contributed by atoms with van der Waals surface area (Å²) in [6, 6.07) is 1.44. The van der Waals surface area contributed by atoms with Crippen molar-refractivity contribution in [1.82, 2.24) is 10.2 Å². The summed E-state index contributed by atoms with van der Waals surface area (Å²) in [7, 11) is 0. The Labute approximate surface area is 88.4 Å². The molecule has 1 atom stereocenters. The SMILES string of the molecule is C=C(C)CN(CC)C(C)CNC1CC1. The molecule has 0 saturated heterocycles. The maximum atomic E-state index is 3.97. The lowest BCUT2D eigenvalue weighted by Gasteiger charge is -2.28. The van der Waals surface area contributed by atoms with Crippen LogP contribution in [0.4, 0.5) is 0 Å². The van der Waals surface area contributed by atoms with Crippen molar-refractivity contribution in [3.8, 4) is 0 Å². The van der Waals surface area contributed by atoms with E-state index in [0.717, 1.165) is 25.7 Å². The predicted octanol–water partition coefficient (Wildman–Crippen LogP) is 2.02. The van der Waals surface area contributed by atoms with Crippen LogP contribution in [-0.2, 0) is 0 Å². The molecule has 1 aliphatic carbocycles. The highest BCUT2D eigenvalue weighted by Gasteiger charge is 2.22. The number of rotatable bonds is 7. The molecule has 0 radical (unpaired) electrons. The van der Waals surface area contributed by atoms with Crippen LogP contribution in [0.5, 0.6) is 0 Å². The van der Waals surface area contributed by atoms with E-state index in [1.54, 1.807) is 0 Å². The highest BCUT2D eigenvalue weighted by molar-refractivity contribution is 4.93. The summed E-state index contributed by atoms with van der Waals surface area (Å²) >= 11 is 0. The number of nitrogens with zero attached hydrogens (tertiary/aromatic N) is 1. The van der Waals surface area contributed by atoms with E-state index in [4.69, 9.17) is 0 Å². The van der Waals surface area contributed by atoms with Gasteiger partial charge in [-0.1, -0.05) is 19.1 Å². The zero-order valence-electron chi connectivity index (χ0n) is 9.84. The Kier molecular flexibility index (Phi) is 4.63. The van der Waals surface area contributed by atoms with Gasteiger partial charge in [-0.15, -0.1) is 0 Å². The molecular formula is C12H24N2. The minimum atomic E-state index is 0.622. The van der Waals surface area contributed by atoms with Crippen molar-refractivity contribution >= 4 is 0 Å². The number of nitrogens with one attached hydrogen (secondary N) is 1. The summed E-state index contributed by atoms with van der Waals surface area (Å²) < 4.78 is 0. The molecule has 1 saturated carbocycles. The van der Waals surface area contributed by atoms with Gasteiger partial charge in [-0.05, 0) is 33.2 Å². The van der Waals surface area contributed by atoms with Crippen molar-refractivity contribution in [2.45, 2.75) is 45.7 Å². The third-order valence-electron chi connectivity index (χ3n) is 2.78. The average molecular weight is 196 g/mol. The molecule has 1 N–H and O–H groups in total. The van der Waals surface area contributed by atoms with E-state index in [0.29, 0.717) is 6.04 Å². The fourth-order valence-electron chi connectivity index (χ4n) is 1.68. The lowest BCUT2D eigenvalue weighted by molar-refractivity contribution is 0.232. The Hall–Kier alpha value is -0.340. The van der Waals surface area contributed by atoms with Gasteiger partial charge in [-0.25, -0.2) is 0 Å². The summed E-state index contributed by atoms with van der Waals surface area (Å²) in [5.41, 5.74) is 1.25. The first-order valence-corrected chi connectivity index (χ1v) is 5.75. The monoisotopic (exact) mass is 196 g/mol. The maximum absolute atomic E-state index is 3.97. The van der Waals surface area contributed by atoms with Crippen molar-refractivity contribution in [2.24, 2.45) is 0 Å². The summed E-state index contributed by atoms with van der Waals surface area (Å²) in [5, 5.41) is 3.57. The van der Waals surface area contributed by atoms with Crippen molar-refractivity contribution in [3.05, 3.63) is 12.2 Å². The second kappa shape index (κ2) is 5.52. The largest absolute Gasteiger partial charge is 0.312 e. The molecule has 0 spiro atoms. The molecule has 1 unspecified atom stereocenters. The topological polar surface area (TPSA) is 15.3 Å². The molecule has 14 heavy (non-hydrogen) atoms. The number of hydrogen-bond donors (Lipinski definition) is 1. The molecule has 0 heterocycles. The van der Waals surface area contributed by atoms with Crippen molar-refractivity contribution in [3.63, 3.8) is 0 Å². The first-order chi connectivity index (χ1) is 6.63. The maximum Gasteiger partial charge on any atom is 0.0195 e. The highest BCUT2D eigenvalue weighted by Crippen LogP contribution is 2.18. The normalized spacial score (nSPS) is 18.6. The van der Waals surface area contributed by atoms with Crippen LogP contribution < -0.4 is 5.32 Å². The fraction of sp³-hybridized carbons (Fsp3) is 0.833. The number of hydrogen-bond acceptors (Lipinski definition) is 2. The van der Waals surface area contributed by atoms with E-state index in [9.17, 15) is 0 Å². The zero-order chi connectivity index (χ0) is 10.6. The van der Waals surface area contributed by atoms with Gasteiger partial charge in [0.1, 0.15) is 0 Å². The molecule has 0 aliphatic heterocycles. The fourth-order valence-corrected chi connectivity index (χ4v) is 1.68. The van der Waals surface area contributed by atoms with Crippen LogP contribution in [0.1, 0.15) is 33.6 Å². The van der Waals surface area contributed by atoms with Crippen LogP contribution in [0.3, 0.4) is 0 Å². The van der Waals surface area contributed by atoms with Crippen LogP contribution in [0.15, 0.2) is 12.2 Å². The van der Waals surface area contributed by atoms with E-state index < -0.39 is 0 Å². The minimum Gasteiger partial charge on any atom is -0.312 e. The molecule has 0 aromatic rings. The Morgan fingerprint density at radius 2 is 2.21 bits per heavy atom. The van der Waals surface area contributed by atoms with E-state index >= 15 is 0 Å². The standard InChI is InChI=1S/C12H24N2/c1-5-14(9-10(2)3)11(4)8-13-12-6-7-12/h11-13H,2,5-9H2,1,3-4H3. The molecule has 0 bridgehead atoms. The Balaban J connectivity index is 2.22. The minimum absolute atomic E-state index is 0.622. The third-order valence-corrected chi connectivity index (χ3v) is 2.78. The zero-order valence-corrected chi connectivity index (χ0v) is 9.84. The van der Waals surface area contributed by atoms with Crippen molar-refractivity contribution in [2.75, 3.05) is 19.6 Å². The molecule has 0 aromatic heterocycles. The molecule has 0 amide bonds. The lowest BCUT2D eigenvalue weighted by atomic mass is 10.2. The summed E-state index contributed by atoms with van der Waals surface area (Å²) in [4.78, 5) is 2.47. The lowest BCUT2D eigenvalue weighted by Crippen LogP contribution is -2.41. The van der Waals surface area contributed by atoms with Crippen molar-refractivity contribution in [1.29, 1.82) is 0 Å². The second-order valence-electron chi connectivity index (χ2n) is 4.55. The molecule has 2 heteroatoms. The van der Waals surface area contributed by atoms with Gasteiger partial charge in [0.05, 0.1) is 0 Å². The van der Waals surface area contributed by atoms with E-state index in [1.807, 2.05) is 0 Å². The van der Waals surface area contributed by atoms with Gasteiger partial charge < -0.3 is 5.32 Å².